The smallest absolute Gasteiger partial charge is 0.311 e. The number of carbonyl (C=O) groups excluding carboxylic acids is 3. The molecule has 0 aromatic rings. The summed E-state index contributed by atoms with van der Waals surface area (Å²) in [6.07, 6.45) is -8.24. The molecular weight excluding hydrogens is 678 g/mol. The van der Waals surface area contributed by atoms with Gasteiger partial charge in [0.05, 0.1) is 53.7 Å². The number of rotatable bonds is 8. The lowest BCUT2D eigenvalue weighted by Crippen LogP contribution is -2.61. The Bertz CT molecular complexity index is 1230. The van der Waals surface area contributed by atoms with Crippen molar-refractivity contribution < 1.29 is 62.9 Å². The summed E-state index contributed by atoms with van der Waals surface area (Å²) in [5.74, 6) is -4.88. The van der Waals surface area contributed by atoms with E-state index in [9.17, 15) is 29.7 Å². The van der Waals surface area contributed by atoms with Crippen molar-refractivity contribution in [3.8, 4) is 0 Å². The first-order chi connectivity index (χ1) is 24.0. The quantitative estimate of drug-likeness (QED) is 0.309. The summed E-state index contributed by atoms with van der Waals surface area (Å²) in [7, 11) is 6.61. The van der Waals surface area contributed by atoms with Crippen LogP contribution in [0.2, 0.25) is 0 Å². The fourth-order valence-corrected chi connectivity index (χ4v) is 8.40. The minimum Gasteiger partial charge on any atom is -0.459 e. The Hall–Kier alpha value is -1.59. The summed E-state index contributed by atoms with van der Waals surface area (Å²) in [5, 5.41) is 34.0. The number of Topliss-reactive ketones (excluding diaryl/α,β-unsaturated/α-hetero) is 2. The summed E-state index contributed by atoms with van der Waals surface area (Å²) in [6, 6.07) is -0.478. The van der Waals surface area contributed by atoms with Gasteiger partial charge in [-0.05, 0) is 74.9 Å². The van der Waals surface area contributed by atoms with Gasteiger partial charge < -0.3 is 48.5 Å². The Balaban J connectivity index is 2.23. The third-order valence-corrected chi connectivity index (χ3v) is 12.1. The van der Waals surface area contributed by atoms with Gasteiger partial charge >= 0.3 is 5.97 Å². The number of ether oxygens (including phenoxy) is 7. The molecule has 0 unspecified atom stereocenters. The molecule has 0 saturated carbocycles. The molecule has 52 heavy (non-hydrogen) atoms. The molecule has 0 aromatic carbocycles. The van der Waals surface area contributed by atoms with Crippen LogP contribution >= 0.6 is 0 Å². The molecule has 3 saturated heterocycles. The van der Waals surface area contributed by atoms with Crippen LogP contribution in [0, 0.1) is 23.7 Å². The lowest BCUT2D eigenvalue weighted by Gasteiger charge is -2.49. The Morgan fingerprint density at radius 1 is 0.827 bits per heavy atom. The molecule has 0 radical (unpaired) electrons. The van der Waals surface area contributed by atoms with Crippen LogP contribution in [-0.2, 0) is 47.5 Å². The van der Waals surface area contributed by atoms with E-state index in [0.29, 0.717) is 6.42 Å². The van der Waals surface area contributed by atoms with Crippen molar-refractivity contribution >= 4 is 17.5 Å². The van der Waals surface area contributed by atoms with Crippen LogP contribution in [0.25, 0.3) is 0 Å². The number of nitrogens with zero attached hydrogens (tertiary/aromatic N) is 1. The summed E-state index contributed by atoms with van der Waals surface area (Å²) in [5.41, 5.74) is -4.31. The molecule has 17 atom stereocenters. The second-order valence-corrected chi connectivity index (χ2v) is 16.5. The molecule has 14 nitrogen and oxygen atoms in total. The van der Waals surface area contributed by atoms with Crippen molar-refractivity contribution in [2.24, 2.45) is 23.7 Å². The minimum absolute atomic E-state index is 0.0811. The summed E-state index contributed by atoms with van der Waals surface area (Å²) >= 11 is 0. The van der Waals surface area contributed by atoms with Crippen LogP contribution < -0.4 is 0 Å². The highest BCUT2D eigenvalue weighted by atomic mass is 16.7. The van der Waals surface area contributed by atoms with Crippen molar-refractivity contribution in [3.63, 3.8) is 0 Å². The SMILES string of the molecule is CC[C@H]1OC(=O)[C@H](C)[C@@H](O[C@H]2C[C@@](C)(OC)[C@@H](O)[C@H](C)O2)[C@H](C)[C@@H](O[C@@H]2O[C@H](C)C[C@H](N(C)C)C2=O)[C@](C)(OC)C[C@@H](C)C(=O)[C@H](C)[C@@H](O)[C@]1(C)O. The standard InChI is InChI=1S/C38H67NO13/c1-15-26-38(10,45)31(42)21(4)28(40)19(2)17-37(9,47-14)33(52-35-29(41)25(39(11)12)16-20(3)48-35)22(5)30(23(6)34(44)50-26)51-27-18-36(8,46-13)32(43)24(7)49-27/h19-27,30-33,35,42-43,45H,15-18H2,1-14H3/t19-,20-,21+,22+,23-,24+,25+,26-,27+,30+,31-,32+,33-,35+,36-,37-,38-/m1/s1. The summed E-state index contributed by atoms with van der Waals surface area (Å²) < 4.78 is 43.6. The van der Waals surface area contributed by atoms with E-state index in [1.807, 2.05) is 32.8 Å². The van der Waals surface area contributed by atoms with E-state index in [-0.39, 0.29) is 36.9 Å². The molecule has 3 aliphatic heterocycles. The number of hydrogen-bond donors (Lipinski definition) is 3. The first-order valence-electron chi connectivity index (χ1n) is 18.7. The highest BCUT2D eigenvalue weighted by molar-refractivity contribution is 5.88. The van der Waals surface area contributed by atoms with Gasteiger partial charge in [-0.3, -0.25) is 19.3 Å². The predicted octanol–water partition coefficient (Wildman–Crippen LogP) is 2.65. The zero-order valence-electron chi connectivity index (χ0n) is 33.8. The van der Waals surface area contributed by atoms with E-state index in [0.717, 1.165) is 0 Å². The van der Waals surface area contributed by atoms with Crippen LogP contribution in [0.15, 0.2) is 0 Å². The molecule has 3 aliphatic rings. The van der Waals surface area contributed by atoms with Gasteiger partial charge in [0.25, 0.3) is 0 Å². The molecule has 0 aromatic heterocycles. The van der Waals surface area contributed by atoms with Crippen LogP contribution in [0.1, 0.15) is 94.9 Å². The Kier molecular flexibility index (Phi) is 15.1. The molecular formula is C38H67NO13. The topological polar surface area (TPSA) is 180 Å². The first kappa shape index (κ1) is 44.8. The van der Waals surface area contributed by atoms with Gasteiger partial charge in [0.15, 0.2) is 6.29 Å². The molecule has 3 heterocycles. The molecule has 302 valence electrons. The second kappa shape index (κ2) is 17.5. The molecule has 14 heteroatoms. The van der Waals surface area contributed by atoms with Gasteiger partial charge in [0, 0.05) is 38.4 Å². The molecule has 3 fully saturated rings. The molecule has 0 amide bonds. The fraction of sp³-hybridized carbons (Fsp3) is 0.921. The number of likely N-dealkylation sites (N-methyl/N-ethyl adjacent to an activating group) is 1. The van der Waals surface area contributed by atoms with Crippen LogP contribution in [0.4, 0.5) is 0 Å². The minimum atomic E-state index is -1.97. The van der Waals surface area contributed by atoms with Crippen LogP contribution in [0.3, 0.4) is 0 Å². The van der Waals surface area contributed by atoms with Crippen LogP contribution in [-0.4, -0.2) is 144 Å². The van der Waals surface area contributed by atoms with Gasteiger partial charge in [0.1, 0.15) is 23.6 Å². The lowest BCUT2D eigenvalue weighted by molar-refractivity contribution is -0.306. The summed E-state index contributed by atoms with van der Waals surface area (Å²) in [4.78, 5) is 43.8. The highest BCUT2D eigenvalue weighted by Crippen LogP contribution is 2.41. The second-order valence-electron chi connectivity index (χ2n) is 16.5. The predicted molar refractivity (Wildman–Crippen MR) is 190 cm³/mol. The number of methoxy groups -OCH3 is 2. The molecule has 0 aliphatic carbocycles. The molecule has 0 spiro atoms. The van der Waals surface area contributed by atoms with E-state index in [1.165, 1.54) is 21.1 Å². The van der Waals surface area contributed by atoms with E-state index in [2.05, 4.69) is 0 Å². The van der Waals surface area contributed by atoms with E-state index in [4.69, 9.17) is 33.2 Å². The van der Waals surface area contributed by atoms with Gasteiger partial charge in [0.2, 0.25) is 12.1 Å². The van der Waals surface area contributed by atoms with E-state index in [1.54, 1.807) is 48.5 Å². The maximum Gasteiger partial charge on any atom is 0.311 e. The van der Waals surface area contributed by atoms with Crippen LogP contribution in [0.5, 0.6) is 0 Å². The average Bonchev–Trinajstić information content (AvgIpc) is 3.09. The van der Waals surface area contributed by atoms with Crippen molar-refractivity contribution in [1.29, 1.82) is 0 Å². The molecule has 0 bridgehead atoms. The third kappa shape index (κ3) is 9.26. The Labute approximate surface area is 310 Å². The zero-order chi connectivity index (χ0) is 39.7. The van der Waals surface area contributed by atoms with Crippen molar-refractivity contribution in [2.45, 2.75) is 173 Å². The Morgan fingerprint density at radius 3 is 1.96 bits per heavy atom. The van der Waals surface area contributed by atoms with Gasteiger partial charge in [-0.15, -0.1) is 0 Å². The number of aliphatic hydroxyl groups excluding tert-OH is 2. The Morgan fingerprint density at radius 2 is 1.42 bits per heavy atom. The van der Waals surface area contributed by atoms with Crippen molar-refractivity contribution in [3.05, 3.63) is 0 Å². The van der Waals surface area contributed by atoms with Crippen molar-refractivity contribution in [1.82, 2.24) is 4.90 Å². The number of esters is 1. The molecule has 3 N–H and O–H groups in total. The number of carbonyl (C=O) groups is 3. The number of hydrogen-bond acceptors (Lipinski definition) is 14. The number of aliphatic hydroxyl groups is 3. The van der Waals surface area contributed by atoms with Gasteiger partial charge in [-0.25, -0.2) is 0 Å². The molecule has 3 rings (SSSR count). The highest BCUT2D eigenvalue weighted by Gasteiger charge is 2.54. The largest absolute Gasteiger partial charge is 0.459 e. The van der Waals surface area contributed by atoms with E-state index < -0.39 is 102 Å². The normalized spacial score (nSPS) is 47.6. The summed E-state index contributed by atoms with van der Waals surface area (Å²) in [6.45, 7) is 16.9. The maximum atomic E-state index is 14.2. The third-order valence-electron chi connectivity index (χ3n) is 12.1. The number of cyclic esters (lactones) is 1. The zero-order valence-corrected chi connectivity index (χ0v) is 33.8. The maximum absolute atomic E-state index is 14.2. The first-order valence-corrected chi connectivity index (χ1v) is 18.7. The number of ketones is 2. The monoisotopic (exact) mass is 745 g/mol. The average molecular weight is 746 g/mol. The fourth-order valence-electron chi connectivity index (χ4n) is 8.40. The van der Waals surface area contributed by atoms with E-state index >= 15 is 0 Å². The lowest BCUT2D eigenvalue weighted by atomic mass is 9.74. The van der Waals surface area contributed by atoms with Gasteiger partial charge in [-0.1, -0.05) is 27.7 Å². The van der Waals surface area contributed by atoms with Gasteiger partial charge in [-0.2, -0.15) is 0 Å². The van der Waals surface area contributed by atoms with Crippen molar-refractivity contribution in [2.75, 3.05) is 28.3 Å².